The highest BCUT2D eigenvalue weighted by Crippen LogP contribution is 2.20. The number of furan rings is 1. The Morgan fingerprint density at radius 2 is 1.84 bits per heavy atom. The van der Waals surface area contributed by atoms with E-state index in [0.29, 0.717) is 30.9 Å². The third-order valence-electron chi connectivity index (χ3n) is 4.09. The first-order valence-corrected chi connectivity index (χ1v) is 8.27. The highest BCUT2D eigenvalue weighted by molar-refractivity contribution is 5.94. The molecule has 2 amide bonds. The van der Waals surface area contributed by atoms with Crippen LogP contribution < -0.4 is 10.2 Å². The Balaban J connectivity index is 1.54. The highest BCUT2D eigenvalue weighted by atomic mass is 16.5. The number of piperazine rings is 1. The normalized spacial score (nSPS) is 14.3. The molecule has 0 radical (unpaired) electrons. The van der Waals surface area contributed by atoms with Crippen LogP contribution in [0.5, 0.6) is 0 Å². The topological polar surface area (TPSA) is 75.0 Å². The van der Waals surface area contributed by atoms with Gasteiger partial charge in [-0.05, 0) is 37.3 Å². The summed E-state index contributed by atoms with van der Waals surface area (Å²) in [4.78, 5) is 27.8. The van der Waals surface area contributed by atoms with Gasteiger partial charge in [0.1, 0.15) is 6.26 Å². The van der Waals surface area contributed by atoms with Crippen LogP contribution in [0.15, 0.2) is 47.3 Å². The Bertz CT molecular complexity index is 704. The first kappa shape index (κ1) is 16.9. The van der Waals surface area contributed by atoms with Crippen LogP contribution in [0, 0.1) is 0 Å². The maximum Gasteiger partial charge on any atom is 0.411 e. The lowest BCUT2D eigenvalue weighted by Gasteiger charge is -2.36. The van der Waals surface area contributed by atoms with Gasteiger partial charge in [0.25, 0.3) is 5.91 Å². The molecule has 7 heteroatoms. The summed E-state index contributed by atoms with van der Waals surface area (Å²) >= 11 is 0. The monoisotopic (exact) mass is 343 g/mol. The van der Waals surface area contributed by atoms with E-state index in [0.717, 1.165) is 18.8 Å². The second kappa shape index (κ2) is 7.74. The average Bonchev–Trinajstić information content (AvgIpc) is 3.17. The summed E-state index contributed by atoms with van der Waals surface area (Å²) in [5.74, 6) is 0.00221. The van der Waals surface area contributed by atoms with E-state index in [9.17, 15) is 9.59 Å². The minimum Gasteiger partial charge on any atom is -0.472 e. The first-order valence-electron chi connectivity index (χ1n) is 8.27. The fourth-order valence-corrected chi connectivity index (χ4v) is 2.78. The number of ether oxygens (including phenoxy) is 1. The molecule has 1 N–H and O–H groups in total. The Morgan fingerprint density at radius 3 is 2.44 bits per heavy atom. The number of rotatable bonds is 4. The Morgan fingerprint density at radius 1 is 1.12 bits per heavy atom. The molecule has 3 rings (SSSR count). The zero-order valence-electron chi connectivity index (χ0n) is 14.1. The van der Waals surface area contributed by atoms with E-state index in [4.69, 9.17) is 9.15 Å². The molecule has 1 aromatic carbocycles. The van der Waals surface area contributed by atoms with Crippen molar-refractivity contribution in [1.82, 2.24) is 4.90 Å². The lowest BCUT2D eigenvalue weighted by atomic mass is 10.2. The fraction of sp³-hybridized carbons (Fsp3) is 0.333. The summed E-state index contributed by atoms with van der Waals surface area (Å²) in [6, 6.07) is 9.28. The van der Waals surface area contributed by atoms with Crippen molar-refractivity contribution in [2.45, 2.75) is 6.92 Å². The van der Waals surface area contributed by atoms with E-state index in [1.54, 1.807) is 13.0 Å². The lowest BCUT2D eigenvalue weighted by Crippen LogP contribution is -2.48. The van der Waals surface area contributed by atoms with Gasteiger partial charge in [-0.2, -0.15) is 0 Å². The number of hydrogen-bond donors (Lipinski definition) is 1. The second-order valence-corrected chi connectivity index (χ2v) is 5.68. The molecule has 0 bridgehead atoms. The summed E-state index contributed by atoms with van der Waals surface area (Å²) in [6.07, 6.45) is 2.53. The maximum absolute atomic E-state index is 12.3. The van der Waals surface area contributed by atoms with E-state index in [2.05, 4.69) is 10.2 Å². The van der Waals surface area contributed by atoms with Gasteiger partial charge in [-0.3, -0.25) is 10.1 Å². The summed E-state index contributed by atoms with van der Waals surface area (Å²) in [7, 11) is 0. The number of anilines is 2. The van der Waals surface area contributed by atoms with Crippen molar-refractivity contribution in [3.63, 3.8) is 0 Å². The molecular weight excluding hydrogens is 322 g/mol. The number of carbonyl (C=O) groups excluding carboxylic acids is 2. The van der Waals surface area contributed by atoms with E-state index in [1.165, 1.54) is 12.5 Å². The average molecular weight is 343 g/mol. The predicted molar refractivity (Wildman–Crippen MR) is 93.9 cm³/mol. The van der Waals surface area contributed by atoms with Gasteiger partial charge in [-0.1, -0.05) is 0 Å². The van der Waals surface area contributed by atoms with Crippen molar-refractivity contribution in [3.8, 4) is 0 Å². The molecule has 0 saturated carbocycles. The minimum absolute atomic E-state index is 0.00221. The fourth-order valence-electron chi connectivity index (χ4n) is 2.78. The lowest BCUT2D eigenvalue weighted by molar-refractivity contribution is 0.0746. The Hall–Kier alpha value is -2.96. The summed E-state index contributed by atoms with van der Waals surface area (Å²) in [6.45, 7) is 4.94. The smallest absolute Gasteiger partial charge is 0.411 e. The van der Waals surface area contributed by atoms with Gasteiger partial charge >= 0.3 is 6.09 Å². The molecule has 0 spiro atoms. The van der Waals surface area contributed by atoms with Gasteiger partial charge < -0.3 is 19.0 Å². The van der Waals surface area contributed by atoms with E-state index >= 15 is 0 Å². The molecule has 7 nitrogen and oxygen atoms in total. The molecule has 0 unspecified atom stereocenters. The molecule has 1 fully saturated rings. The van der Waals surface area contributed by atoms with Gasteiger partial charge in [-0.15, -0.1) is 0 Å². The van der Waals surface area contributed by atoms with Crippen molar-refractivity contribution in [1.29, 1.82) is 0 Å². The predicted octanol–water partition coefficient (Wildman–Crippen LogP) is 2.81. The molecule has 132 valence electrons. The zero-order chi connectivity index (χ0) is 17.6. The van der Waals surface area contributed by atoms with Crippen LogP contribution in [0.4, 0.5) is 16.2 Å². The first-order chi connectivity index (χ1) is 12.2. The Kier molecular flexibility index (Phi) is 5.23. The third kappa shape index (κ3) is 4.12. The molecular formula is C18H21N3O4. The van der Waals surface area contributed by atoms with Crippen LogP contribution in [0.3, 0.4) is 0 Å². The summed E-state index contributed by atoms with van der Waals surface area (Å²) in [5.41, 5.74) is 2.34. The number of benzene rings is 1. The molecule has 0 atom stereocenters. The van der Waals surface area contributed by atoms with Gasteiger partial charge in [-0.25, -0.2) is 4.79 Å². The minimum atomic E-state index is -0.457. The molecule has 1 aliphatic heterocycles. The maximum atomic E-state index is 12.3. The van der Waals surface area contributed by atoms with Crippen LogP contribution in [0.1, 0.15) is 17.3 Å². The van der Waals surface area contributed by atoms with Crippen LogP contribution in [0.2, 0.25) is 0 Å². The quantitative estimate of drug-likeness (QED) is 0.924. The zero-order valence-corrected chi connectivity index (χ0v) is 14.1. The number of carbonyl (C=O) groups is 2. The molecule has 2 aromatic rings. The largest absolute Gasteiger partial charge is 0.472 e. The molecule has 1 saturated heterocycles. The van der Waals surface area contributed by atoms with E-state index in [1.807, 2.05) is 29.2 Å². The molecule has 0 aliphatic carbocycles. The van der Waals surface area contributed by atoms with Crippen molar-refractivity contribution < 1.29 is 18.7 Å². The summed E-state index contributed by atoms with van der Waals surface area (Å²) < 4.78 is 9.83. The van der Waals surface area contributed by atoms with E-state index < -0.39 is 6.09 Å². The second-order valence-electron chi connectivity index (χ2n) is 5.68. The van der Waals surface area contributed by atoms with Gasteiger partial charge in [0, 0.05) is 37.6 Å². The molecule has 2 heterocycles. The Labute approximate surface area is 146 Å². The molecule has 1 aromatic heterocycles. The van der Waals surface area contributed by atoms with Crippen molar-refractivity contribution in [2.75, 3.05) is 43.0 Å². The van der Waals surface area contributed by atoms with Gasteiger partial charge in [0.2, 0.25) is 0 Å². The van der Waals surface area contributed by atoms with E-state index in [-0.39, 0.29) is 5.91 Å². The van der Waals surface area contributed by atoms with Crippen LogP contribution in [-0.4, -0.2) is 49.7 Å². The number of nitrogens with zero attached hydrogens (tertiary/aromatic N) is 2. The number of hydrogen-bond acceptors (Lipinski definition) is 5. The van der Waals surface area contributed by atoms with Gasteiger partial charge in [0.05, 0.1) is 18.4 Å². The van der Waals surface area contributed by atoms with Crippen LogP contribution in [0.25, 0.3) is 0 Å². The van der Waals surface area contributed by atoms with Crippen LogP contribution in [-0.2, 0) is 4.74 Å². The van der Waals surface area contributed by atoms with Crippen molar-refractivity contribution >= 4 is 23.4 Å². The van der Waals surface area contributed by atoms with Crippen molar-refractivity contribution in [3.05, 3.63) is 48.4 Å². The molecule has 1 aliphatic rings. The third-order valence-corrected chi connectivity index (χ3v) is 4.09. The number of nitrogens with one attached hydrogen (secondary N) is 1. The standard InChI is InChI=1S/C18H21N3O4/c1-2-25-18(23)19-15-3-5-16(6-4-15)20-8-10-21(11-9-20)17(22)14-7-12-24-13-14/h3-7,12-13H,2,8-11H2,1H3,(H,19,23). The highest BCUT2D eigenvalue weighted by Gasteiger charge is 2.22. The van der Waals surface area contributed by atoms with Crippen LogP contribution >= 0.6 is 0 Å². The summed E-state index contributed by atoms with van der Waals surface area (Å²) in [5, 5.41) is 2.67. The van der Waals surface area contributed by atoms with Crippen molar-refractivity contribution in [2.24, 2.45) is 0 Å². The molecule has 25 heavy (non-hydrogen) atoms. The van der Waals surface area contributed by atoms with Gasteiger partial charge in [0.15, 0.2) is 0 Å². The SMILES string of the molecule is CCOC(=O)Nc1ccc(N2CCN(C(=O)c3ccoc3)CC2)cc1. The number of amides is 2.